The minimum Gasteiger partial charge on any atom is -0.481 e. The summed E-state index contributed by atoms with van der Waals surface area (Å²) in [6.07, 6.45) is -11.7. The molecule has 1 aliphatic carbocycles. The van der Waals surface area contributed by atoms with Crippen LogP contribution in [0.25, 0.3) is 0 Å². The van der Waals surface area contributed by atoms with Crippen molar-refractivity contribution in [1.82, 2.24) is 4.90 Å². The zero-order valence-corrected chi connectivity index (χ0v) is 23.9. The van der Waals surface area contributed by atoms with Gasteiger partial charge in [0, 0.05) is 30.5 Å². The van der Waals surface area contributed by atoms with Crippen molar-refractivity contribution in [3.63, 3.8) is 0 Å². The maximum absolute atomic E-state index is 14.6. The number of alkyl halides is 7. The Labute approximate surface area is 248 Å². The number of carboxylic acid groups (broad SMARTS) is 1. The van der Waals surface area contributed by atoms with Crippen molar-refractivity contribution in [3.05, 3.63) is 65.5 Å². The van der Waals surface area contributed by atoms with E-state index in [9.17, 15) is 58.2 Å². The van der Waals surface area contributed by atoms with E-state index < -0.39 is 68.2 Å². The highest BCUT2D eigenvalue weighted by Gasteiger charge is 2.73. The quantitative estimate of drug-likeness (QED) is 0.282. The fourth-order valence-corrected chi connectivity index (χ4v) is 8.15. The molecule has 1 saturated carbocycles. The molecule has 0 bridgehead atoms. The SMILES string of the molecule is O=C(O)C1CCC(C(=O)N2CCC(c3ccc(C(F)(C(F)(F)F)C(F)(F)F)cc3)C(S(=O)(=O)c3ccc(F)cc3)CC2)CC1. The molecule has 0 radical (unpaired) electrons. The monoisotopic (exact) mass is 655 g/mol. The van der Waals surface area contributed by atoms with Crippen LogP contribution in [0.3, 0.4) is 0 Å². The molecule has 2 aromatic carbocycles. The minimum absolute atomic E-state index is 0.00228. The topological polar surface area (TPSA) is 91.8 Å². The lowest BCUT2D eigenvalue weighted by molar-refractivity contribution is -0.348. The fraction of sp³-hybridized carbons (Fsp3) is 0.517. The number of amides is 1. The Balaban J connectivity index is 1.67. The Kier molecular flexibility index (Phi) is 9.39. The minimum atomic E-state index is -6.33. The second-order valence-electron chi connectivity index (χ2n) is 11.2. The fourth-order valence-electron chi connectivity index (χ4n) is 6.14. The first-order valence-corrected chi connectivity index (χ1v) is 15.4. The van der Waals surface area contributed by atoms with Crippen molar-refractivity contribution >= 4 is 21.7 Å². The Morgan fingerprint density at radius 1 is 0.727 bits per heavy atom. The summed E-state index contributed by atoms with van der Waals surface area (Å²) in [5.41, 5.74) is -7.36. The summed E-state index contributed by atoms with van der Waals surface area (Å²) in [6, 6.07) is 6.21. The van der Waals surface area contributed by atoms with Crippen LogP contribution in [-0.4, -0.2) is 61.0 Å². The maximum Gasteiger partial charge on any atom is 0.435 e. The van der Waals surface area contributed by atoms with E-state index in [1.54, 1.807) is 0 Å². The first-order chi connectivity index (χ1) is 20.4. The molecular formula is C29H29F8NO5S. The number of carboxylic acids is 1. The molecule has 2 aromatic rings. The number of likely N-dealkylation sites (tertiary alicyclic amines) is 1. The van der Waals surface area contributed by atoms with Gasteiger partial charge in [0.2, 0.25) is 5.91 Å². The first kappa shape index (κ1) is 33.7. The predicted molar refractivity (Wildman–Crippen MR) is 140 cm³/mol. The molecule has 15 heteroatoms. The number of carbonyl (C=O) groups is 2. The highest BCUT2D eigenvalue weighted by atomic mass is 32.2. The summed E-state index contributed by atoms with van der Waals surface area (Å²) in [5, 5.41) is 7.92. The number of hydrogen-bond acceptors (Lipinski definition) is 4. The molecule has 4 rings (SSSR count). The van der Waals surface area contributed by atoms with Crippen LogP contribution in [0.1, 0.15) is 55.6 Å². The van der Waals surface area contributed by atoms with E-state index in [-0.39, 0.29) is 42.3 Å². The van der Waals surface area contributed by atoms with Crippen molar-refractivity contribution in [2.45, 2.75) is 72.6 Å². The van der Waals surface area contributed by atoms with Gasteiger partial charge in [-0.05, 0) is 68.4 Å². The zero-order valence-electron chi connectivity index (χ0n) is 23.0. The van der Waals surface area contributed by atoms with Crippen LogP contribution >= 0.6 is 0 Å². The summed E-state index contributed by atoms with van der Waals surface area (Å²) >= 11 is 0. The summed E-state index contributed by atoms with van der Waals surface area (Å²) < 4.78 is 135. The standard InChI is InChI=1S/C29H29F8NO5S/c30-21-9-11-22(12-10-21)44(42,43)24-14-16-38(25(39)18-1-3-19(4-2-18)26(40)41)15-13-23(24)17-5-7-20(8-6-17)27(31,28(32,33)34)29(35,36)37/h5-12,18-19,23-24H,1-4,13-16H2,(H,40,41). The molecule has 1 N–H and O–H groups in total. The molecule has 0 spiro atoms. The number of halogens is 8. The molecule has 1 heterocycles. The average Bonchev–Trinajstić information content (AvgIpc) is 3.19. The molecule has 1 saturated heterocycles. The van der Waals surface area contributed by atoms with Gasteiger partial charge in [-0.15, -0.1) is 0 Å². The van der Waals surface area contributed by atoms with Crippen LogP contribution < -0.4 is 0 Å². The maximum atomic E-state index is 14.6. The lowest BCUT2D eigenvalue weighted by Gasteiger charge is -2.31. The number of benzene rings is 2. The Morgan fingerprint density at radius 2 is 1.23 bits per heavy atom. The molecule has 242 valence electrons. The molecule has 2 atom stereocenters. The van der Waals surface area contributed by atoms with E-state index in [4.69, 9.17) is 0 Å². The third kappa shape index (κ3) is 6.43. The van der Waals surface area contributed by atoms with Gasteiger partial charge in [-0.1, -0.05) is 24.3 Å². The molecular weight excluding hydrogens is 626 g/mol. The highest BCUT2D eigenvalue weighted by Crippen LogP contribution is 2.53. The van der Waals surface area contributed by atoms with Gasteiger partial charge in [-0.25, -0.2) is 17.2 Å². The normalized spacial score (nSPS) is 24.0. The molecule has 1 amide bonds. The lowest BCUT2D eigenvalue weighted by atomic mass is 9.81. The van der Waals surface area contributed by atoms with Crippen molar-refractivity contribution < 1.29 is 58.2 Å². The van der Waals surface area contributed by atoms with E-state index in [1.165, 1.54) is 4.90 Å². The second kappa shape index (κ2) is 12.3. The van der Waals surface area contributed by atoms with Gasteiger partial charge in [0.15, 0.2) is 9.84 Å². The van der Waals surface area contributed by atoms with Gasteiger partial charge in [0.25, 0.3) is 0 Å². The zero-order chi connectivity index (χ0) is 32.7. The number of nitrogens with zero attached hydrogens (tertiary/aromatic N) is 1. The first-order valence-electron chi connectivity index (χ1n) is 13.8. The molecule has 0 aromatic heterocycles. The Hall–Kier alpha value is -3.23. The summed E-state index contributed by atoms with van der Waals surface area (Å²) in [6.45, 7) is -0.0508. The Bertz CT molecular complexity index is 1440. The number of rotatable bonds is 6. The van der Waals surface area contributed by atoms with E-state index >= 15 is 0 Å². The van der Waals surface area contributed by atoms with Crippen molar-refractivity contribution in [2.75, 3.05) is 13.1 Å². The van der Waals surface area contributed by atoms with Gasteiger partial charge in [0.05, 0.1) is 16.1 Å². The molecule has 2 aliphatic rings. The molecule has 2 fully saturated rings. The van der Waals surface area contributed by atoms with E-state index in [0.717, 1.165) is 36.4 Å². The molecule has 6 nitrogen and oxygen atoms in total. The summed E-state index contributed by atoms with van der Waals surface area (Å²) in [7, 11) is -4.28. The van der Waals surface area contributed by atoms with Gasteiger partial charge >= 0.3 is 24.0 Å². The third-order valence-electron chi connectivity index (χ3n) is 8.64. The summed E-state index contributed by atoms with van der Waals surface area (Å²) in [4.78, 5) is 25.8. The van der Waals surface area contributed by atoms with Crippen LogP contribution in [0.2, 0.25) is 0 Å². The van der Waals surface area contributed by atoms with Crippen molar-refractivity contribution in [2.24, 2.45) is 11.8 Å². The van der Waals surface area contributed by atoms with Gasteiger partial charge < -0.3 is 10.0 Å². The van der Waals surface area contributed by atoms with Crippen LogP contribution in [0, 0.1) is 17.7 Å². The lowest BCUT2D eigenvalue weighted by Crippen LogP contribution is -2.50. The van der Waals surface area contributed by atoms with E-state index in [1.807, 2.05) is 0 Å². The number of hydrogen-bond donors (Lipinski definition) is 1. The smallest absolute Gasteiger partial charge is 0.435 e. The molecule has 44 heavy (non-hydrogen) atoms. The van der Waals surface area contributed by atoms with Crippen LogP contribution in [0.15, 0.2) is 53.4 Å². The number of sulfone groups is 1. The van der Waals surface area contributed by atoms with E-state index in [0.29, 0.717) is 37.8 Å². The van der Waals surface area contributed by atoms with Crippen molar-refractivity contribution in [3.8, 4) is 0 Å². The van der Waals surface area contributed by atoms with E-state index in [2.05, 4.69) is 0 Å². The van der Waals surface area contributed by atoms with Gasteiger partial charge in [0.1, 0.15) is 5.82 Å². The van der Waals surface area contributed by atoms with Crippen LogP contribution in [0.4, 0.5) is 35.1 Å². The second-order valence-corrected chi connectivity index (χ2v) is 13.4. The number of carbonyl (C=O) groups excluding carboxylic acids is 1. The average molecular weight is 656 g/mol. The summed E-state index contributed by atoms with van der Waals surface area (Å²) in [5.74, 6) is -4.07. The molecule has 1 aliphatic heterocycles. The molecule has 2 unspecified atom stereocenters. The third-order valence-corrected chi connectivity index (χ3v) is 10.9. The number of aliphatic carboxylic acids is 1. The highest BCUT2D eigenvalue weighted by molar-refractivity contribution is 7.92. The largest absolute Gasteiger partial charge is 0.481 e. The van der Waals surface area contributed by atoms with Crippen LogP contribution in [-0.2, 0) is 25.1 Å². The van der Waals surface area contributed by atoms with Gasteiger partial charge in [-0.3, -0.25) is 9.59 Å². The van der Waals surface area contributed by atoms with Crippen molar-refractivity contribution in [1.29, 1.82) is 0 Å². The van der Waals surface area contributed by atoms with Crippen LogP contribution in [0.5, 0.6) is 0 Å². The Morgan fingerprint density at radius 3 is 1.73 bits per heavy atom. The predicted octanol–water partition coefficient (Wildman–Crippen LogP) is 6.55. The van der Waals surface area contributed by atoms with Gasteiger partial charge in [-0.2, -0.15) is 26.3 Å².